The Morgan fingerprint density at radius 2 is 2.05 bits per heavy atom. The minimum absolute atomic E-state index is 0.423. The second kappa shape index (κ2) is 6.83. The number of aromatic nitrogens is 1. The van der Waals surface area contributed by atoms with E-state index < -0.39 is 0 Å². The first kappa shape index (κ1) is 14.2. The highest BCUT2D eigenvalue weighted by Crippen LogP contribution is 2.18. The number of benzene rings is 1. The average molecular weight is 281 g/mol. The van der Waals surface area contributed by atoms with E-state index in [2.05, 4.69) is 57.7 Å². The van der Waals surface area contributed by atoms with Crippen molar-refractivity contribution >= 4 is 0 Å². The molecular weight excluding hydrogens is 258 g/mol. The zero-order chi connectivity index (χ0) is 14.5. The molecule has 0 aliphatic carbocycles. The summed E-state index contributed by atoms with van der Waals surface area (Å²) in [6.45, 7) is 6.30. The van der Waals surface area contributed by atoms with Gasteiger partial charge in [-0.1, -0.05) is 36.4 Å². The molecular formula is C18H23N3. The predicted octanol–water partition coefficient (Wildman–Crippen LogP) is 2.93. The van der Waals surface area contributed by atoms with Crippen LogP contribution in [0.1, 0.15) is 29.3 Å². The van der Waals surface area contributed by atoms with Crippen LogP contribution in [0.3, 0.4) is 0 Å². The van der Waals surface area contributed by atoms with Crippen LogP contribution in [0.15, 0.2) is 48.7 Å². The van der Waals surface area contributed by atoms with Crippen LogP contribution >= 0.6 is 0 Å². The van der Waals surface area contributed by atoms with Gasteiger partial charge in [-0.05, 0) is 43.6 Å². The van der Waals surface area contributed by atoms with Crippen LogP contribution in [0.25, 0.3) is 0 Å². The lowest BCUT2D eigenvalue weighted by atomic mass is 10.1. The smallest absolute Gasteiger partial charge is 0.0449 e. The summed E-state index contributed by atoms with van der Waals surface area (Å²) in [6.07, 6.45) is 3.20. The lowest BCUT2D eigenvalue weighted by Crippen LogP contribution is -2.31. The fraction of sp³-hybridized carbons (Fsp3) is 0.389. The maximum absolute atomic E-state index is 4.40. The number of aryl methyl sites for hydroxylation is 1. The van der Waals surface area contributed by atoms with Gasteiger partial charge >= 0.3 is 0 Å². The first-order valence-corrected chi connectivity index (χ1v) is 7.73. The molecule has 3 rings (SSSR count). The van der Waals surface area contributed by atoms with Crippen LogP contribution in [-0.2, 0) is 6.54 Å². The predicted molar refractivity (Wildman–Crippen MR) is 86.1 cm³/mol. The van der Waals surface area contributed by atoms with Crippen LogP contribution in [0.5, 0.6) is 0 Å². The van der Waals surface area contributed by atoms with E-state index >= 15 is 0 Å². The van der Waals surface area contributed by atoms with E-state index in [1.165, 1.54) is 17.5 Å². The Balaban J connectivity index is 1.69. The van der Waals surface area contributed by atoms with Gasteiger partial charge in [-0.25, -0.2) is 0 Å². The SMILES string of the molecule is Cc1ccc(CN2CCCNC(c3ccccc3)C2)cn1. The van der Waals surface area contributed by atoms with Gasteiger partial charge in [0, 0.05) is 31.0 Å². The van der Waals surface area contributed by atoms with Crippen molar-refractivity contribution in [2.45, 2.75) is 25.9 Å². The zero-order valence-corrected chi connectivity index (χ0v) is 12.6. The van der Waals surface area contributed by atoms with Crippen molar-refractivity contribution in [3.63, 3.8) is 0 Å². The molecule has 1 aliphatic heterocycles. The summed E-state index contributed by atoms with van der Waals surface area (Å²) in [5, 5.41) is 3.67. The van der Waals surface area contributed by atoms with Crippen molar-refractivity contribution in [2.24, 2.45) is 0 Å². The first-order chi connectivity index (χ1) is 10.3. The number of pyridine rings is 1. The lowest BCUT2D eigenvalue weighted by molar-refractivity contribution is 0.260. The summed E-state index contributed by atoms with van der Waals surface area (Å²) in [5.41, 5.74) is 3.76. The number of nitrogens with zero attached hydrogens (tertiary/aromatic N) is 2. The lowest BCUT2D eigenvalue weighted by Gasteiger charge is -2.24. The molecule has 0 bridgehead atoms. The molecule has 1 aliphatic rings. The number of rotatable bonds is 3. The molecule has 1 aromatic carbocycles. The molecule has 0 saturated carbocycles. The largest absolute Gasteiger partial charge is 0.309 e. The van der Waals surface area contributed by atoms with Crippen molar-refractivity contribution in [3.8, 4) is 0 Å². The fourth-order valence-electron chi connectivity index (χ4n) is 2.90. The molecule has 0 spiro atoms. The van der Waals surface area contributed by atoms with Gasteiger partial charge in [-0.3, -0.25) is 9.88 Å². The van der Waals surface area contributed by atoms with Crippen molar-refractivity contribution < 1.29 is 0 Å². The Morgan fingerprint density at radius 1 is 1.19 bits per heavy atom. The van der Waals surface area contributed by atoms with Gasteiger partial charge in [0.1, 0.15) is 0 Å². The van der Waals surface area contributed by atoms with Crippen LogP contribution in [0.2, 0.25) is 0 Å². The first-order valence-electron chi connectivity index (χ1n) is 7.73. The summed E-state index contributed by atoms with van der Waals surface area (Å²) in [4.78, 5) is 6.93. The molecule has 1 fully saturated rings. The molecule has 1 saturated heterocycles. The molecule has 0 amide bonds. The highest BCUT2D eigenvalue weighted by Gasteiger charge is 2.19. The van der Waals surface area contributed by atoms with Gasteiger partial charge in [-0.15, -0.1) is 0 Å². The molecule has 21 heavy (non-hydrogen) atoms. The van der Waals surface area contributed by atoms with Crippen molar-refractivity contribution in [2.75, 3.05) is 19.6 Å². The van der Waals surface area contributed by atoms with Gasteiger partial charge in [0.15, 0.2) is 0 Å². The molecule has 3 heteroatoms. The quantitative estimate of drug-likeness (QED) is 0.937. The van der Waals surface area contributed by atoms with Crippen LogP contribution in [0, 0.1) is 6.92 Å². The Bertz CT molecular complexity index is 550. The molecule has 1 aromatic heterocycles. The second-order valence-corrected chi connectivity index (χ2v) is 5.81. The van der Waals surface area contributed by atoms with E-state index in [1.54, 1.807) is 0 Å². The van der Waals surface area contributed by atoms with E-state index in [0.29, 0.717) is 6.04 Å². The Labute approximate surface area is 127 Å². The fourth-order valence-corrected chi connectivity index (χ4v) is 2.90. The molecule has 110 valence electrons. The molecule has 0 radical (unpaired) electrons. The van der Waals surface area contributed by atoms with E-state index in [1.807, 2.05) is 13.1 Å². The molecule has 1 N–H and O–H groups in total. The summed E-state index contributed by atoms with van der Waals surface area (Å²) in [6, 6.07) is 15.5. The Kier molecular flexibility index (Phi) is 4.63. The van der Waals surface area contributed by atoms with Gasteiger partial charge in [0.05, 0.1) is 0 Å². The van der Waals surface area contributed by atoms with E-state index in [0.717, 1.165) is 31.9 Å². The minimum Gasteiger partial charge on any atom is -0.309 e. The monoisotopic (exact) mass is 281 g/mol. The van der Waals surface area contributed by atoms with Gasteiger partial charge in [0.2, 0.25) is 0 Å². The molecule has 1 unspecified atom stereocenters. The molecule has 2 aromatic rings. The minimum atomic E-state index is 0.423. The van der Waals surface area contributed by atoms with Crippen LogP contribution in [-0.4, -0.2) is 29.5 Å². The summed E-state index contributed by atoms with van der Waals surface area (Å²) < 4.78 is 0. The second-order valence-electron chi connectivity index (χ2n) is 5.81. The summed E-state index contributed by atoms with van der Waals surface area (Å²) in [5.74, 6) is 0. The Morgan fingerprint density at radius 3 is 2.81 bits per heavy atom. The van der Waals surface area contributed by atoms with Crippen molar-refractivity contribution in [1.29, 1.82) is 0 Å². The third-order valence-corrected chi connectivity index (χ3v) is 4.06. The normalized spacial score (nSPS) is 20.1. The van der Waals surface area contributed by atoms with Crippen LogP contribution in [0.4, 0.5) is 0 Å². The zero-order valence-electron chi connectivity index (χ0n) is 12.6. The molecule has 3 nitrogen and oxygen atoms in total. The van der Waals surface area contributed by atoms with Gasteiger partial charge in [-0.2, -0.15) is 0 Å². The van der Waals surface area contributed by atoms with Crippen LogP contribution < -0.4 is 5.32 Å². The number of hydrogen-bond acceptors (Lipinski definition) is 3. The standard InChI is InChI=1S/C18H23N3/c1-15-8-9-16(12-20-15)13-21-11-5-10-19-18(14-21)17-6-3-2-4-7-17/h2-4,6-9,12,18-19H,5,10-11,13-14H2,1H3. The third-order valence-electron chi connectivity index (χ3n) is 4.06. The topological polar surface area (TPSA) is 28.2 Å². The van der Waals surface area contributed by atoms with E-state index in [9.17, 15) is 0 Å². The summed E-state index contributed by atoms with van der Waals surface area (Å²) >= 11 is 0. The van der Waals surface area contributed by atoms with Gasteiger partial charge in [0.25, 0.3) is 0 Å². The Hall–Kier alpha value is -1.71. The molecule has 1 atom stereocenters. The summed E-state index contributed by atoms with van der Waals surface area (Å²) in [7, 11) is 0. The highest BCUT2D eigenvalue weighted by molar-refractivity contribution is 5.20. The maximum Gasteiger partial charge on any atom is 0.0449 e. The van der Waals surface area contributed by atoms with E-state index in [4.69, 9.17) is 0 Å². The van der Waals surface area contributed by atoms with Crippen molar-refractivity contribution in [3.05, 3.63) is 65.5 Å². The number of hydrogen-bond donors (Lipinski definition) is 1. The highest BCUT2D eigenvalue weighted by atomic mass is 15.2. The molecule has 2 heterocycles. The average Bonchev–Trinajstić information content (AvgIpc) is 2.76. The third kappa shape index (κ3) is 3.90. The van der Waals surface area contributed by atoms with E-state index in [-0.39, 0.29) is 0 Å². The maximum atomic E-state index is 4.40. The van der Waals surface area contributed by atoms with Crippen molar-refractivity contribution in [1.82, 2.24) is 15.2 Å². The number of nitrogens with one attached hydrogen (secondary N) is 1. The van der Waals surface area contributed by atoms with Gasteiger partial charge < -0.3 is 5.32 Å².